The van der Waals surface area contributed by atoms with Crippen molar-refractivity contribution in [1.29, 1.82) is 0 Å². The average molecular weight is 284 g/mol. The fourth-order valence-corrected chi connectivity index (χ4v) is 2.91. The van der Waals surface area contributed by atoms with Gasteiger partial charge in [0.1, 0.15) is 12.2 Å². The molecule has 2 aromatic rings. The molecular weight excluding hydrogens is 268 g/mol. The van der Waals surface area contributed by atoms with Gasteiger partial charge in [0.25, 0.3) is 0 Å². The summed E-state index contributed by atoms with van der Waals surface area (Å²) in [5.74, 6) is -1.12. The van der Waals surface area contributed by atoms with Crippen molar-refractivity contribution in [3.05, 3.63) is 53.9 Å². The van der Waals surface area contributed by atoms with Crippen LogP contribution in [0.15, 0.2) is 42.6 Å². The maximum absolute atomic E-state index is 12.6. The molecule has 5 heteroatoms. The molecule has 0 radical (unpaired) electrons. The average Bonchev–Trinajstić information content (AvgIpc) is 3.01. The van der Waals surface area contributed by atoms with Crippen LogP contribution in [-0.2, 0) is 17.8 Å². The van der Waals surface area contributed by atoms with E-state index in [9.17, 15) is 9.59 Å². The van der Waals surface area contributed by atoms with Crippen LogP contribution in [0.4, 0.5) is 5.69 Å². The van der Waals surface area contributed by atoms with Crippen molar-refractivity contribution in [1.82, 2.24) is 4.57 Å². The van der Waals surface area contributed by atoms with Crippen molar-refractivity contribution >= 4 is 17.6 Å². The van der Waals surface area contributed by atoms with Gasteiger partial charge in [-0.15, -0.1) is 0 Å². The third kappa shape index (κ3) is 2.31. The minimum atomic E-state index is -1.03. The van der Waals surface area contributed by atoms with Crippen LogP contribution in [0.3, 0.4) is 0 Å². The van der Waals surface area contributed by atoms with E-state index >= 15 is 0 Å². The van der Waals surface area contributed by atoms with Crippen molar-refractivity contribution in [3.8, 4) is 0 Å². The lowest BCUT2D eigenvalue weighted by Crippen LogP contribution is -2.38. The number of carboxylic acids is 1. The summed E-state index contributed by atoms with van der Waals surface area (Å²) in [6.07, 6.45) is 2.45. The van der Waals surface area contributed by atoms with Crippen molar-refractivity contribution in [3.63, 3.8) is 0 Å². The number of amides is 1. The first-order chi connectivity index (χ1) is 10.1. The monoisotopic (exact) mass is 284 g/mol. The van der Waals surface area contributed by atoms with E-state index in [-0.39, 0.29) is 24.2 Å². The molecule has 1 aliphatic heterocycles. The molecule has 1 unspecified atom stereocenters. The van der Waals surface area contributed by atoms with Crippen LogP contribution in [0, 0.1) is 0 Å². The van der Waals surface area contributed by atoms with Gasteiger partial charge in [-0.05, 0) is 37.1 Å². The lowest BCUT2D eigenvalue weighted by Gasteiger charge is -2.23. The maximum atomic E-state index is 12.6. The number of carbonyl (C=O) groups is 2. The lowest BCUT2D eigenvalue weighted by molar-refractivity contribution is -0.119. The molecule has 21 heavy (non-hydrogen) atoms. The first-order valence-electron chi connectivity index (χ1n) is 6.86. The van der Waals surface area contributed by atoms with Crippen LogP contribution in [0.5, 0.6) is 0 Å². The zero-order valence-electron chi connectivity index (χ0n) is 11.7. The van der Waals surface area contributed by atoms with Crippen LogP contribution in [0.25, 0.3) is 0 Å². The molecule has 1 aromatic carbocycles. The molecule has 108 valence electrons. The van der Waals surface area contributed by atoms with E-state index in [0.29, 0.717) is 0 Å². The Morgan fingerprint density at radius 3 is 2.76 bits per heavy atom. The number of carboxylic acid groups (broad SMARTS) is 1. The summed E-state index contributed by atoms with van der Waals surface area (Å²) in [6.45, 7) is 2.04. The van der Waals surface area contributed by atoms with E-state index in [1.807, 2.05) is 31.2 Å². The molecular formula is C16H16N2O3. The second kappa shape index (κ2) is 5.09. The molecule has 5 nitrogen and oxygen atoms in total. The third-order valence-corrected chi connectivity index (χ3v) is 3.83. The fourth-order valence-electron chi connectivity index (χ4n) is 2.91. The summed E-state index contributed by atoms with van der Waals surface area (Å²) >= 11 is 0. The summed E-state index contributed by atoms with van der Waals surface area (Å²) in [6, 6.07) is 11.1. The third-order valence-electron chi connectivity index (χ3n) is 3.83. The number of rotatable bonds is 3. The minimum absolute atomic E-state index is 0.0350. The van der Waals surface area contributed by atoms with Crippen molar-refractivity contribution in [2.45, 2.75) is 25.9 Å². The van der Waals surface area contributed by atoms with Gasteiger partial charge in [0, 0.05) is 17.9 Å². The Kier molecular flexibility index (Phi) is 3.25. The number of hydrogen-bond acceptors (Lipinski definition) is 2. The van der Waals surface area contributed by atoms with Crippen molar-refractivity contribution in [2.24, 2.45) is 0 Å². The summed E-state index contributed by atoms with van der Waals surface area (Å²) in [5.41, 5.74) is 2.21. The van der Waals surface area contributed by atoms with Gasteiger partial charge < -0.3 is 14.6 Å². The van der Waals surface area contributed by atoms with E-state index in [1.165, 1.54) is 10.6 Å². The van der Waals surface area contributed by atoms with Crippen molar-refractivity contribution in [2.75, 3.05) is 4.90 Å². The zero-order chi connectivity index (χ0) is 15.0. The van der Waals surface area contributed by atoms with Crippen LogP contribution in [-0.4, -0.2) is 27.6 Å². The fraction of sp³-hybridized carbons (Fsp3) is 0.250. The maximum Gasteiger partial charge on any atom is 0.352 e. The summed E-state index contributed by atoms with van der Waals surface area (Å²) in [4.78, 5) is 25.4. The van der Waals surface area contributed by atoms with Gasteiger partial charge in [0.2, 0.25) is 5.91 Å². The smallest absolute Gasteiger partial charge is 0.352 e. The van der Waals surface area contributed by atoms with Gasteiger partial charge in [0.15, 0.2) is 0 Å². The summed E-state index contributed by atoms with van der Waals surface area (Å²) in [7, 11) is 0. The molecule has 1 aromatic heterocycles. The number of aromatic carboxylic acids is 1. The standard InChI is InChI=1S/C16H16N2O3/c1-11-9-12-5-2-3-6-13(12)18(11)15(19)10-17-8-4-7-14(17)16(20)21/h2-8,11H,9-10H2,1H3,(H,20,21). The quantitative estimate of drug-likeness (QED) is 0.939. The van der Waals surface area contributed by atoms with Gasteiger partial charge in [-0.2, -0.15) is 0 Å². The number of hydrogen-bond donors (Lipinski definition) is 1. The van der Waals surface area contributed by atoms with Gasteiger partial charge in [-0.3, -0.25) is 4.79 Å². The summed E-state index contributed by atoms with van der Waals surface area (Å²) < 4.78 is 1.47. The Hall–Kier alpha value is -2.56. The molecule has 0 bridgehead atoms. The van der Waals surface area contributed by atoms with Crippen molar-refractivity contribution < 1.29 is 14.7 Å². The molecule has 2 heterocycles. The zero-order valence-corrected chi connectivity index (χ0v) is 11.7. The highest BCUT2D eigenvalue weighted by Gasteiger charge is 2.30. The number of aromatic nitrogens is 1. The van der Waals surface area contributed by atoms with E-state index in [4.69, 9.17) is 5.11 Å². The lowest BCUT2D eigenvalue weighted by atomic mass is 10.1. The first-order valence-corrected chi connectivity index (χ1v) is 6.86. The molecule has 0 aliphatic carbocycles. The SMILES string of the molecule is CC1Cc2ccccc2N1C(=O)Cn1cccc1C(=O)O. The Balaban J connectivity index is 1.86. The number of para-hydroxylation sites is 1. The van der Waals surface area contributed by atoms with Crippen LogP contribution >= 0.6 is 0 Å². The number of fused-ring (bicyclic) bond motifs is 1. The second-order valence-corrected chi connectivity index (χ2v) is 5.27. The predicted molar refractivity (Wildman–Crippen MR) is 78.5 cm³/mol. The normalized spacial score (nSPS) is 16.8. The van der Waals surface area contributed by atoms with Crippen LogP contribution in [0.1, 0.15) is 23.0 Å². The largest absolute Gasteiger partial charge is 0.477 e. The van der Waals surface area contributed by atoms with E-state index in [2.05, 4.69) is 0 Å². The minimum Gasteiger partial charge on any atom is -0.477 e. The molecule has 0 saturated heterocycles. The van der Waals surface area contributed by atoms with Gasteiger partial charge in [0.05, 0.1) is 0 Å². The van der Waals surface area contributed by atoms with Crippen LogP contribution < -0.4 is 4.90 Å². The highest BCUT2D eigenvalue weighted by atomic mass is 16.4. The Bertz CT molecular complexity index is 705. The molecule has 1 atom stereocenters. The van der Waals surface area contributed by atoms with Crippen LogP contribution in [0.2, 0.25) is 0 Å². The highest BCUT2D eigenvalue weighted by Crippen LogP contribution is 2.32. The molecule has 3 rings (SSSR count). The summed E-state index contributed by atoms with van der Waals surface area (Å²) in [5, 5.41) is 9.10. The number of nitrogens with zero attached hydrogens (tertiary/aromatic N) is 2. The molecule has 0 saturated carbocycles. The van der Waals surface area contributed by atoms with E-state index in [0.717, 1.165) is 17.7 Å². The topological polar surface area (TPSA) is 62.5 Å². The Morgan fingerprint density at radius 1 is 1.24 bits per heavy atom. The van der Waals surface area contributed by atoms with Gasteiger partial charge >= 0.3 is 5.97 Å². The Labute approximate surface area is 122 Å². The Morgan fingerprint density at radius 2 is 2.00 bits per heavy atom. The second-order valence-electron chi connectivity index (χ2n) is 5.27. The molecule has 0 fully saturated rings. The van der Waals surface area contributed by atoms with Gasteiger partial charge in [-0.1, -0.05) is 18.2 Å². The van der Waals surface area contributed by atoms with Gasteiger partial charge in [-0.25, -0.2) is 4.79 Å². The predicted octanol–water partition coefficient (Wildman–Crippen LogP) is 2.16. The first kappa shape index (κ1) is 13.4. The van der Waals surface area contributed by atoms with E-state index in [1.54, 1.807) is 17.2 Å². The molecule has 1 aliphatic rings. The number of carbonyl (C=O) groups excluding carboxylic acids is 1. The number of anilines is 1. The molecule has 1 N–H and O–H groups in total. The van der Waals surface area contributed by atoms with E-state index < -0.39 is 5.97 Å². The number of benzene rings is 1. The molecule has 0 spiro atoms. The highest BCUT2D eigenvalue weighted by molar-refractivity contribution is 5.96. The molecule has 1 amide bonds.